The molecule has 0 bridgehead atoms. The summed E-state index contributed by atoms with van der Waals surface area (Å²) in [7, 11) is 0. The number of unbranched alkanes of at least 4 members (excludes halogenated alkanes) is 1. The molecule has 0 aromatic rings. The van der Waals surface area contributed by atoms with Crippen molar-refractivity contribution in [1.82, 2.24) is 10.7 Å². The van der Waals surface area contributed by atoms with Crippen LogP contribution in [0.2, 0.25) is 0 Å². The molecule has 0 saturated heterocycles. The Kier molecular flexibility index (Phi) is 7.62. The molecule has 1 atom stereocenters. The van der Waals surface area contributed by atoms with Gasteiger partial charge in [0, 0.05) is 6.54 Å². The average Bonchev–Trinajstić information content (AvgIpc) is 2.27. The molecule has 0 aromatic heterocycles. The van der Waals surface area contributed by atoms with E-state index in [9.17, 15) is 9.59 Å². The molecule has 0 aliphatic rings. The Labute approximate surface area is 90.8 Å². The summed E-state index contributed by atoms with van der Waals surface area (Å²) in [5.74, 6) is 3.82. The fourth-order valence-corrected chi connectivity index (χ4v) is 1.33. The van der Waals surface area contributed by atoms with E-state index in [2.05, 4.69) is 19.2 Å². The smallest absolute Gasteiger partial charge is 0.323 e. The van der Waals surface area contributed by atoms with Gasteiger partial charge in [-0.15, -0.1) is 0 Å². The standard InChI is InChI=1S/C10H21N3O2/c1-3-5-6-8(4-2)7-12-9(14)10(15)13-11/h8H,3-7,11H2,1-2H3,(H,12,14)(H,13,15). The van der Waals surface area contributed by atoms with Crippen LogP contribution in [0, 0.1) is 5.92 Å². The number of nitrogens with two attached hydrogens (primary N) is 1. The van der Waals surface area contributed by atoms with Crippen LogP contribution in [-0.2, 0) is 9.59 Å². The fraction of sp³-hybridized carbons (Fsp3) is 0.800. The van der Waals surface area contributed by atoms with Gasteiger partial charge in [0.1, 0.15) is 0 Å². The Morgan fingerprint density at radius 3 is 2.40 bits per heavy atom. The zero-order valence-electron chi connectivity index (χ0n) is 9.51. The minimum atomic E-state index is -0.791. The minimum absolute atomic E-state index is 0.444. The van der Waals surface area contributed by atoms with Gasteiger partial charge >= 0.3 is 11.8 Å². The number of hydrogen-bond donors (Lipinski definition) is 3. The summed E-state index contributed by atoms with van der Waals surface area (Å²) in [6.07, 6.45) is 4.38. The SMILES string of the molecule is CCCCC(CC)CNC(=O)C(=O)NN. The molecule has 15 heavy (non-hydrogen) atoms. The van der Waals surface area contributed by atoms with Gasteiger partial charge in [-0.1, -0.05) is 33.1 Å². The first kappa shape index (κ1) is 13.9. The zero-order chi connectivity index (χ0) is 11.7. The Morgan fingerprint density at radius 2 is 1.93 bits per heavy atom. The summed E-state index contributed by atoms with van der Waals surface area (Å²) in [6, 6.07) is 0. The highest BCUT2D eigenvalue weighted by Crippen LogP contribution is 2.10. The topological polar surface area (TPSA) is 84.2 Å². The highest BCUT2D eigenvalue weighted by atomic mass is 16.2. The molecule has 0 heterocycles. The highest BCUT2D eigenvalue weighted by Gasteiger charge is 2.13. The lowest BCUT2D eigenvalue weighted by Crippen LogP contribution is -2.44. The lowest BCUT2D eigenvalue weighted by Gasteiger charge is -2.14. The number of rotatable bonds is 6. The van der Waals surface area contributed by atoms with E-state index in [-0.39, 0.29) is 0 Å². The van der Waals surface area contributed by atoms with E-state index in [1.165, 1.54) is 0 Å². The first-order valence-electron chi connectivity index (χ1n) is 5.44. The molecular formula is C10H21N3O2. The van der Waals surface area contributed by atoms with Gasteiger partial charge in [-0.2, -0.15) is 0 Å². The number of hydrogen-bond acceptors (Lipinski definition) is 3. The van der Waals surface area contributed by atoms with Crippen LogP contribution in [0.15, 0.2) is 0 Å². The van der Waals surface area contributed by atoms with Crippen molar-refractivity contribution in [1.29, 1.82) is 0 Å². The van der Waals surface area contributed by atoms with Crippen LogP contribution in [0.3, 0.4) is 0 Å². The van der Waals surface area contributed by atoms with Gasteiger partial charge in [-0.25, -0.2) is 5.84 Å². The molecular weight excluding hydrogens is 194 g/mol. The number of carbonyl (C=O) groups is 2. The first-order valence-corrected chi connectivity index (χ1v) is 5.44. The normalized spacial score (nSPS) is 11.9. The van der Waals surface area contributed by atoms with E-state index >= 15 is 0 Å². The molecule has 5 heteroatoms. The van der Waals surface area contributed by atoms with Crippen molar-refractivity contribution >= 4 is 11.8 Å². The molecule has 5 nitrogen and oxygen atoms in total. The summed E-state index contributed by atoms with van der Waals surface area (Å²) in [5.41, 5.74) is 1.80. The van der Waals surface area contributed by atoms with E-state index in [0.29, 0.717) is 12.5 Å². The van der Waals surface area contributed by atoms with E-state index in [1.54, 1.807) is 5.43 Å². The molecule has 0 fully saturated rings. The lowest BCUT2D eigenvalue weighted by molar-refractivity contribution is -0.139. The lowest BCUT2D eigenvalue weighted by atomic mass is 9.99. The van der Waals surface area contributed by atoms with E-state index < -0.39 is 11.8 Å². The fourth-order valence-electron chi connectivity index (χ4n) is 1.33. The molecule has 4 N–H and O–H groups in total. The Bertz CT molecular complexity index is 207. The predicted molar refractivity (Wildman–Crippen MR) is 58.6 cm³/mol. The Balaban J connectivity index is 3.79. The van der Waals surface area contributed by atoms with E-state index in [0.717, 1.165) is 25.7 Å². The number of hydrazine groups is 1. The van der Waals surface area contributed by atoms with Crippen molar-refractivity contribution in [3.63, 3.8) is 0 Å². The van der Waals surface area contributed by atoms with Crippen molar-refractivity contribution in [2.24, 2.45) is 11.8 Å². The second-order valence-corrected chi connectivity index (χ2v) is 3.60. The molecule has 0 aliphatic carbocycles. The van der Waals surface area contributed by atoms with Gasteiger partial charge in [0.2, 0.25) is 0 Å². The molecule has 0 spiro atoms. The van der Waals surface area contributed by atoms with Gasteiger partial charge in [0.25, 0.3) is 0 Å². The van der Waals surface area contributed by atoms with Crippen molar-refractivity contribution in [3.8, 4) is 0 Å². The van der Waals surface area contributed by atoms with Crippen LogP contribution in [0.25, 0.3) is 0 Å². The maximum atomic E-state index is 11.1. The third-order valence-electron chi connectivity index (χ3n) is 2.43. The van der Waals surface area contributed by atoms with Gasteiger partial charge in [-0.05, 0) is 12.3 Å². The summed E-state index contributed by atoms with van der Waals surface area (Å²) >= 11 is 0. The zero-order valence-corrected chi connectivity index (χ0v) is 9.51. The molecule has 0 aliphatic heterocycles. The molecule has 2 amide bonds. The van der Waals surface area contributed by atoms with Crippen LogP contribution < -0.4 is 16.6 Å². The van der Waals surface area contributed by atoms with Gasteiger partial charge in [-0.3, -0.25) is 15.0 Å². The van der Waals surface area contributed by atoms with E-state index in [4.69, 9.17) is 5.84 Å². The van der Waals surface area contributed by atoms with Gasteiger partial charge in [0.15, 0.2) is 0 Å². The summed E-state index contributed by atoms with van der Waals surface area (Å²) in [5, 5.41) is 2.56. The van der Waals surface area contributed by atoms with Crippen LogP contribution >= 0.6 is 0 Å². The third-order valence-corrected chi connectivity index (χ3v) is 2.43. The predicted octanol–water partition coefficient (Wildman–Crippen LogP) is 0.309. The second kappa shape index (κ2) is 8.23. The molecule has 1 unspecified atom stereocenters. The second-order valence-electron chi connectivity index (χ2n) is 3.60. The summed E-state index contributed by atoms with van der Waals surface area (Å²) < 4.78 is 0. The van der Waals surface area contributed by atoms with Crippen LogP contribution in [-0.4, -0.2) is 18.4 Å². The van der Waals surface area contributed by atoms with Gasteiger partial charge < -0.3 is 5.32 Å². The summed E-state index contributed by atoms with van der Waals surface area (Å²) in [4.78, 5) is 21.8. The number of nitrogens with one attached hydrogen (secondary N) is 2. The monoisotopic (exact) mass is 215 g/mol. The molecule has 88 valence electrons. The van der Waals surface area contributed by atoms with Crippen LogP contribution in [0.1, 0.15) is 39.5 Å². The molecule has 0 saturated carbocycles. The summed E-state index contributed by atoms with van der Waals surface area (Å²) in [6.45, 7) is 4.76. The Morgan fingerprint density at radius 1 is 1.27 bits per heavy atom. The average molecular weight is 215 g/mol. The third kappa shape index (κ3) is 6.06. The van der Waals surface area contributed by atoms with Crippen molar-refractivity contribution in [2.45, 2.75) is 39.5 Å². The van der Waals surface area contributed by atoms with Crippen molar-refractivity contribution in [2.75, 3.05) is 6.54 Å². The number of amides is 2. The van der Waals surface area contributed by atoms with Gasteiger partial charge in [0.05, 0.1) is 0 Å². The highest BCUT2D eigenvalue weighted by molar-refractivity contribution is 6.34. The quantitative estimate of drug-likeness (QED) is 0.258. The van der Waals surface area contributed by atoms with Crippen molar-refractivity contribution < 1.29 is 9.59 Å². The largest absolute Gasteiger partial charge is 0.348 e. The van der Waals surface area contributed by atoms with Crippen molar-refractivity contribution in [3.05, 3.63) is 0 Å². The van der Waals surface area contributed by atoms with Crippen LogP contribution in [0.4, 0.5) is 0 Å². The molecule has 0 aromatic carbocycles. The number of carbonyl (C=O) groups excluding carboxylic acids is 2. The van der Waals surface area contributed by atoms with Crippen LogP contribution in [0.5, 0.6) is 0 Å². The maximum Gasteiger partial charge on any atom is 0.323 e. The van der Waals surface area contributed by atoms with E-state index in [1.807, 2.05) is 0 Å². The minimum Gasteiger partial charge on any atom is -0.348 e. The maximum absolute atomic E-state index is 11.1. The Hall–Kier alpha value is -1.10. The molecule has 0 radical (unpaired) electrons. The molecule has 0 rings (SSSR count). The first-order chi connectivity index (χ1) is 7.15.